The molecule has 0 aliphatic rings. The Bertz CT molecular complexity index is 567. The van der Waals surface area contributed by atoms with Crippen molar-refractivity contribution in [2.75, 3.05) is 24.2 Å². The SMILES string of the molecule is Nc1ncnc(NCCOc2cccc(Br)c2)c1Cl. The van der Waals surface area contributed by atoms with Gasteiger partial charge in [0.25, 0.3) is 0 Å². The van der Waals surface area contributed by atoms with Gasteiger partial charge in [0.2, 0.25) is 0 Å². The molecule has 0 bridgehead atoms. The lowest BCUT2D eigenvalue weighted by Gasteiger charge is -2.09. The number of aromatic nitrogens is 2. The van der Waals surface area contributed by atoms with Crippen LogP contribution in [0.3, 0.4) is 0 Å². The number of hydrogen-bond acceptors (Lipinski definition) is 5. The van der Waals surface area contributed by atoms with Gasteiger partial charge in [0.1, 0.15) is 29.5 Å². The van der Waals surface area contributed by atoms with Crippen molar-refractivity contribution in [3.63, 3.8) is 0 Å². The highest BCUT2D eigenvalue weighted by atomic mass is 79.9. The summed E-state index contributed by atoms with van der Waals surface area (Å²) in [7, 11) is 0. The third kappa shape index (κ3) is 3.97. The first kappa shape index (κ1) is 13.9. The summed E-state index contributed by atoms with van der Waals surface area (Å²) in [5.74, 6) is 1.56. The molecule has 3 N–H and O–H groups in total. The molecule has 0 saturated carbocycles. The van der Waals surface area contributed by atoms with E-state index in [1.807, 2.05) is 24.3 Å². The van der Waals surface area contributed by atoms with Crippen LogP contribution in [0.1, 0.15) is 0 Å². The molecule has 0 aliphatic carbocycles. The van der Waals surface area contributed by atoms with E-state index in [-0.39, 0.29) is 5.82 Å². The van der Waals surface area contributed by atoms with Gasteiger partial charge in [-0.2, -0.15) is 0 Å². The van der Waals surface area contributed by atoms with E-state index >= 15 is 0 Å². The summed E-state index contributed by atoms with van der Waals surface area (Å²) in [4.78, 5) is 7.78. The number of hydrogen-bond donors (Lipinski definition) is 2. The standard InChI is InChI=1S/C12H12BrClN4O/c13-8-2-1-3-9(6-8)19-5-4-16-12-10(14)11(15)17-7-18-12/h1-3,6-7H,4-5H2,(H3,15,16,17,18). The van der Waals surface area contributed by atoms with E-state index in [9.17, 15) is 0 Å². The van der Waals surface area contributed by atoms with Crippen molar-refractivity contribution in [2.45, 2.75) is 0 Å². The van der Waals surface area contributed by atoms with Gasteiger partial charge < -0.3 is 15.8 Å². The van der Waals surface area contributed by atoms with Gasteiger partial charge in [-0.15, -0.1) is 0 Å². The van der Waals surface area contributed by atoms with E-state index in [0.29, 0.717) is 24.0 Å². The Morgan fingerprint density at radius 3 is 3.00 bits per heavy atom. The summed E-state index contributed by atoms with van der Waals surface area (Å²) in [5, 5.41) is 3.36. The first-order valence-corrected chi connectivity index (χ1v) is 6.72. The number of halogens is 2. The quantitative estimate of drug-likeness (QED) is 0.817. The zero-order valence-electron chi connectivity index (χ0n) is 9.94. The van der Waals surface area contributed by atoms with E-state index in [0.717, 1.165) is 10.2 Å². The minimum atomic E-state index is 0.257. The minimum absolute atomic E-state index is 0.257. The number of nitrogen functional groups attached to an aromatic ring is 1. The van der Waals surface area contributed by atoms with E-state index < -0.39 is 0 Å². The predicted octanol–water partition coefficient (Wildman–Crippen LogP) is 2.97. The van der Waals surface area contributed by atoms with E-state index in [4.69, 9.17) is 22.1 Å². The molecule has 2 rings (SSSR count). The van der Waals surface area contributed by atoms with Gasteiger partial charge >= 0.3 is 0 Å². The molecule has 0 aliphatic heterocycles. The van der Waals surface area contributed by atoms with Crippen LogP contribution in [0.15, 0.2) is 35.1 Å². The number of nitrogens with zero attached hydrogens (tertiary/aromatic N) is 2. The molecular formula is C12H12BrClN4O. The van der Waals surface area contributed by atoms with Gasteiger partial charge in [-0.05, 0) is 18.2 Å². The van der Waals surface area contributed by atoms with Crippen LogP contribution in [0.2, 0.25) is 5.02 Å². The first-order valence-electron chi connectivity index (χ1n) is 5.55. The second-order valence-electron chi connectivity index (χ2n) is 3.65. The van der Waals surface area contributed by atoms with Gasteiger partial charge in [0.05, 0.1) is 6.54 Å². The van der Waals surface area contributed by atoms with Crippen LogP contribution in [0, 0.1) is 0 Å². The molecule has 100 valence electrons. The number of nitrogens with two attached hydrogens (primary N) is 1. The molecule has 0 atom stereocenters. The van der Waals surface area contributed by atoms with Crippen molar-refractivity contribution < 1.29 is 4.74 Å². The fourth-order valence-corrected chi connectivity index (χ4v) is 1.94. The largest absolute Gasteiger partial charge is 0.492 e. The highest BCUT2D eigenvalue weighted by Gasteiger charge is 2.05. The average Bonchev–Trinajstić information content (AvgIpc) is 2.39. The van der Waals surface area contributed by atoms with Gasteiger partial charge in [-0.1, -0.05) is 33.6 Å². The topological polar surface area (TPSA) is 73.1 Å². The van der Waals surface area contributed by atoms with Crippen LogP contribution >= 0.6 is 27.5 Å². The number of nitrogens with one attached hydrogen (secondary N) is 1. The Kier molecular flexibility index (Phi) is 4.81. The zero-order chi connectivity index (χ0) is 13.7. The average molecular weight is 344 g/mol. The fourth-order valence-electron chi connectivity index (χ4n) is 1.40. The van der Waals surface area contributed by atoms with Crippen LogP contribution in [0.4, 0.5) is 11.6 Å². The minimum Gasteiger partial charge on any atom is -0.492 e. The molecule has 1 heterocycles. The highest BCUT2D eigenvalue weighted by Crippen LogP contribution is 2.23. The molecule has 7 heteroatoms. The Hall–Kier alpha value is -1.53. The van der Waals surface area contributed by atoms with Crippen molar-refractivity contribution in [2.24, 2.45) is 0 Å². The number of anilines is 2. The van der Waals surface area contributed by atoms with Crippen LogP contribution in [0.25, 0.3) is 0 Å². The molecule has 1 aromatic carbocycles. The van der Waals surface area contributed by atoms with Crippen LogP contribution in [0.5, 0.6) is 5.75 Å². The Labute approximate surface area is 124 Å². The van der Waals surface area contributed by atoms with Crippen molar-refractivity contribution in [3.8, 4) is 5.75 Å². The molecule has 2 aromatic rings. The van der Waals surface area contributed by atoms with Gasteiger partial charge in [-0.3, -0.25) is 0 Å². The number of benzene rings is 1. The molecular weight excluding hydrogens is 332 g/mol. The lowest BCUT2D eigenvalue weighted by molar-refractivity contribution is 0.332. The smallest absolute Gasteiger partial charge is 0.150 e. The maximum Gasteiger partial charge on any atom is 0.150 e. The third-order valence-corrected chi connectivity index (χ3v) is 3.14. The van der Waals surface area contributed by atoms with Crippen molar-refractivity contribution >= 4 is 39.2 Å². The summed E-state index contributed by atoms with van der Waals surface area (Å²) in [6.45, 7) is 1.04. The van der Waals surface area contributed by atoms with E-state index in [1.165, 1.54) is 6.33 Å². The molecule has 1 aromatic heterocycles. The molecule has 0 fully saturated rings. The lowest BCUT2D eigenvalue weighted by atomic mass is 10.3. The van der Waals surface area contributed by atoms with Crippen LogP contribution in [-0.2, 0) is 0 Å². The normalized spacial score (nSPS) is 10.2. The summed E-state index contributed by atoms with van der Waals surface area (Å²) in [5.41, 5.74) is 5.57. The summed E-state index contributed by atoms with van der Waals surface area (Å²) in [6.07, 6.45) is 1.36. The summed E-state index contributed by atoms with van der Waals surface area (Å²) < 4.78 is 6.54. The summed E-state index contributed by atoms with van der Waals surface area (Å²) >= 11 is 9.33. The van der Waals surface area contributed by atoms with Gasteiger partial charge in [0.15, 0.2) is 5.82 Å². The predicted molar refractivity (Wildman–Crippen MR) is 79.6 cm³/mol. The van der Waals surface area contributed by atoms with Crippen molar-refractivity contribution in [3.05, 3.63) is 40.1 Å². The monoisotopic (exact) mass is 342 g/mol. The highest BCUT2D eigenvalue weighted by molar-refractivity contribution is 9.10. The fraction of sp³-hybridized carbons (Fsp3) is 0.167. The second kappa shape index (κ2) is 6.58. The second-order valence-corrected chi connectivity index (χ2v) is 4.95. The van der Waals surface area contributed by atoms with Gasteiger partial charge in [-0.25, -0.2) is 9.97 Å². The molecule has 0 radical (unpaired) electrons. The van der Waals surface area contributed by atoms with Crippen LogP contribution < -0.4 is 15.8 Å². The van der Waals surface area contributed by atoms with Crippen molar-refractivity contribution in [1.82, 2.24) is 9.97 Å². The molecule has 5 nitrogen and oxygen atoms in total. The Balaban J connectivity index is 1.82. The first-order chi connectivity index (χ1) is 9.16. The Morgan fingerprint density at radius 1 is 1.37 bits per heavy atom. The number of ether oxygens (including phenoxy) is 1. The molecule has 0 amide bonds. The number of rotatable bonds is 5. The molecule has 0 saturated heterocycles. The maximum atomic E-state index is 5.95. The van der Waals surface area contributed by atoms with Crippen molar-refractivity contribution in [1.29, 1.82) is 0 Å². The lowest BCUT2D eigenvalue weighted by Crippen LogP contribution is -2.13. The zero-order valence-corrected chi connectivity index (χ0v) is 12.3. The Morgan fingerprint density at radius 2 is 2.21 bits per heavy atom. The maximum absolute atomic E-state index is 5.95. The van der Waals surface area contributed by atoms with E-state index in [1.54, 1.807) is 0 Å². The third-order valence-electron chi connectivity index (χ3n) is 2.28. The van der Waals surface area contributed by atoms with E-state index in [2.05, 4.69) is 31.2 Å². The molecule has 0 unspecified atom stereocenters. The molecule has 0 spiro atoms. The van der Waals surface area contributed by atoms with Gasteiger partial charge in [0, 0.05) is 4.47 Å². The van der Waals surface area contributed by atoms with Crippen LogP contribution in [-0.4, -0.2) is 23.1 Å². The summed E-state index contributed by atoms with van der Waals surface area (Å²) in [6, 6.07) is 7.64. The molecule has 19 heavy (non-hydrogen) atoms.